The first-order valence-electron chi connectivity index (χ1n) is 4.38. The van der Waals surface area contributed by atoms with Crippen LogP contribution in [0.25, 0.3) is 0 Å². The Bertz CT molecular complexity index is 101. The monoisotopic (exact) mass is 160 g/mol. The van der Waals surface area contributed by atoms with Crippen LogP contribution in [-0.2, 0) is 0 Å². The van der Waals surface area contributed by atoms with Crippen LogP contribution >= 0.6 is 11.6 Å². The molecule has 0 aromatic heterocycles. The van der Waals surface area contributed by atoms with Gasteiger partial charge in [-0.2, -0.15) is 0 Å². The van der Waals surface area contributed by atoms with Crippen molar-refractivity contribution in [3.8, 4) is 0 Å². The molecule has 0 N–H and O–H groups in total. The number of halogens is 1. The minimum atomic E-state index is 0.473. The van der Waals surface area contributed by atoms with E-state index >= 15 is 0 Å². The Balaban J connectivity index is 2.38. The van der Waals surface area contributed by atoms with Crippen molar-refractivity contribution in [1.29, 1.82) is 0 Å². The first kappa shape index (κ1) is 8.39. The van der Waals surface area contributed by atoms with Gasteiger partial charge in [0, 0.05) is 5.38 Å². The molecule has 0 spiro atoms. The summed E-state index contributed by atoms with van der Waals surface area (Å²) in [4.78, 5) is 0. The highest BCUT2D eigenvalue weighted by atomic mass is 35.5. The van der Waals surface area contributed by atoms with E-state index in [0.29, 0.717) is 5.38 Å². The molecular formula is C9H17Cl. The molecule has 0 amide bonds. The van der Waals surface area contributed by atoms with Gasteiger partial charge >= 0.3 is 0 Å². The van der Waals surface area contributed by atoms with Gasteiger partial charge in [0.15, 0.2) is 0 Å². The van der Waals surface area contributed by atoms with E-state index in [0.717, 1.165) is 11.8 Å². The third kappa shape index (κ3) is 1.88. The highest BCUT2D eigenvalue weighted by Gasteiger charge is 2.24. The standard InChI is InChI=1S/C9H17Cl/c1-3-8-6-9(10)5-4-7(8)2/h7-9H,3-6H2,1-2H3. The van der Waals surface area contributed by atoms with E-state index in [1.165, 1.54) is 25.7 Å². The van der Waals surface area contributed by atoms with Crippen molar-refractivity contribution in [3.05, 3.63) is 0 Å². The molecule has 0 bridgehead atoms. The lowest BCUT2D eigenvalue weighted by atomic mass is 9.79. The summed E-state index contributed by atoms with van der Waals surface area (Å²) in [6.45, 7) is 4.63. The molecule has 1 aliphatic carbocycles. The van der Waals surface area contributed by atoms with Crippen LogP contribution in [-0.4, -0.2) is 5.38 Å². The Morgan fingerprint density at radius 2 is 2.10 bits per heavy atom. The molecule has 1 heteroatoms. The minimum absolute atomic E-state index is 0.473. The van der Waals surface area contributed by atoms with Crippen molar-refractivity contribution < 1.29 is 0 Å². The highest BCUT2D eigenvalue weighted by molar-refractivity contribution is 6.20. The summed E-state index contributed by atoms with van der Waals surface area (Å²) >= 11 is 6.06. The van der Waals surface area contributed by atoms with Crippen molar-refractivity contribution in [1.82, 2.24) is 0 Å². The van der Waals surface area contributed by atoms with Crippen LogP contribution in [0.4, 0.5) is 0 Å². The lowest BCUT2D eigenvalue weighted by Crippen LogP contribution is -2.22. The number of rotatable bonds is 1. The summed E-state index contributed by atoms with van der Waals surface area (Å²) < 4.78 is 0. The third-order valence-corrected chi connectivity index (χ3v) is 3.22. The molecule has 0 saturated heterocycles. The van der Waals surface area contributed by atoms with E-state index in [4.69, 9.17) is 11.6 Å². The summed E-state index contributed by atoms with van der Waals surface area (Å²) in [5.41, 5.74) is 0. The molecule has 0 radical (unpaired) electrons. The zero-order chi connectivity index (χ0) is 7.56. The van der Waals surface area contributed by atoms with Gasteiger partial charge in [0.05, 0.1) is 0 Å². The van der Waals surface area contributed by atoms with Gasteiger partial charge in [-0.1, -0.05) is 20.3 Å². The van der Waals surface area contributed by atoms with Crippen LogP contribution in [0.2, 0.25) is 0 Å². The average molecular weight is 161 g/mol. The fourth-order valence-electron chi connectivity index (χ4n) is 1.93. The molecule has 0 nitrogen and oxygen atoms in total. The molecule has 3 atom stereocenters. The highest BCUT2D eigenvalue weighted by Crippen LogP contribution is 2.34. The molecule has 0 aliphatic heterocycles. The SMILES string of the molecule is CCC1CC(Cl)CCC1C. The van der Waals surface area contributed by atoms with E-state index < -0.39 is 0 Å². The molecule has 1 saturated carbocycles. The zero-order valence-electron chi connectivity index (χ0n) is 6.94. The first-order chi connectivity index (χ1) is 4.74. The largest absolute Gasteiger partial charge is 0.123 e. The zero-order valence-corrected chi connectivity index (χ0v) is 7.69. The predicted octanol–water partition coefficient (Wildman–Crippen LogP) is 3.44. The first-order valence-corrected chi connectivity index (χ1v) is 4.81. The summed E-state index contributed by atoms with van der Waals surface area (Å²) in [5.74, 6) is 1.82. The van der Waals surface area contributed by atoms with Crippen LogP contribution < -0.4 is 0 Å². The smallest absolute Gasteiger partial charge is 0.0338 e. The molecule has 1 fully saturated rings. The van der Waals surface area contributed by atoms with E-state index in [9.17, 15) is 0 Å². The van der Waals surface area contributed by atoms with Gasteiger partial charge in [-0.3, -0.25) is 0 Å². The quantitative estimate of drug-likeness (QED) is 0.516. The Labute approximate surface area is 69.0 Å². The second-order valence-electron chi connectivity index (χ2n) is 3.56. The number of hydrogen-bond donors (Lipinski definition) is 0. The van der Waals surface area contributed by atoms with Crippen LogP contribution in [0.5, 0.6) is 0 Å². The van der Waals surface area contributed by atoms with Crippen LogP contribution in [0.3, 0.4) is 0 Å². The van der Waals surface area contributed by atoms with Crippen molar-refractivity contribution in [2.24, 2.45) is 11.8 Å². The van der Waals surface area contributed by atoms with Crippen LogP contribution in [0.1, 0.15) is 39.5 Å². The van der Waals surface area contributed by atoms with E-state index in [-0.39, 0.29) is 0 Å². The molecule has 1 aliphatic rings. The Hall–Kier alpha value is 0.290. The maximum atomic E-state index is 6.06. The van der Waals surface area contributed by atoms with E-state index in [2.05, 4.69) is 13.8 Å². The second-order valence-corrected chi connectivity index (χ2v) is 4.17. The maximum absolute atomic E-state index is 6.06. The Morgan fingerprint density at radius 3 is 2.60 bits per heavy atom. The summed E-state index contributed by atoms with van der Waals surface area (Å²) in [5, 5.41) is 0.473. The predicted molar refractivity (Wildman–Crippen MR) is 46.4 cm³/mol. The number of hydrogen-bond acceptors (Lipinski definition) is 0. The van der Waals surface area contributed by atoms with Crippen molar-refractivity contribution in [2.45, 2.75) is 44.9 Å². The van der Waals surface area contributed by atoms with E-state index in [1.807, 2.05) is 0 Å². The molecule has 0 aromatic carbocycles. The van der Waals surface area contributed by atoms with Crippen molar-refractivity contribution >= 4 is 11.6 Å². The Morgan fingerprint density at radius 1 is 1.40 bits per heavy atom. The molecule has 60 valence electrons. The second kappa shape index (κ2) is 3.61. The summed E-state index contributed by atoms with van der Waals surface area (Å²) in [7, 11) is 0. The van der Waals surface area contributed by atoms with Crippen molar-refractivity contribution in [3.63, 3.8) is 0 Å². The average Bonchev–Trinajstić information content (AvgIpc) is 1.94. The molecule has 0 aromatic rings. The molecule has 3 unspecified atom stereocenters. The number of alkyl halides is 1. The maximum Gasteiger partial charge on any atom is 0.0338 e. The van der Waals surface area contributed by atoms with Gasteiger partial charge in [-0.25, -0.2) is 0 Å². The van der Waals surface area contributed by atoms with Gasteiger partial charge in [0.2, 0.25) is 0 Å². The van der Waals surface area contributed by atoms with E-state index in [1.54, 1.807) is 0 Å². The lowest BCUT2D eigenvalue weighted by Gasteiger charge is -2.30. The van der Waals surface area contributed by atoms with Gasteiger partial charge in [-0.15, -0.1) is 11.6 Å². The van der Waals surface area contributed by atoms with Crippen molar-refractivity contribution in [2.75, 3.05) is 0 Å². The van der Waals surface area contributed by atoms with Crippen LogP contribution in [0.15, 0.2) is 0 Å². The summed E-state index contributed by atoms with van der Waals surface area (Å²) in [6.07, 6.45) is 5.13. The summed E-state index contributed by atoms with van der Waals surface area (Å²) in [6, 6.07) is 0. The Kier molecular flexibility index (Phi) is 3.03. The topological polar surface area (TPSA) is 0 Å². The fraction of sp³-hybridized carbons (Fsp3) is 1.00. The van der Waals surface area contributed by atoms with Gasteiger partial charge < -0.3 is 0 Å². The van der Waals surface area contributed by atoms with Gasteiger partial charge in [0.25, 0.3) is 0 Å². The van der Waals surface area contributed by atoms with Crippen LogP contribution in [0, 0.1) is 11.8 Å². The molecular weight excluding hydrogens is 144 g/mol. The molecule has 0 heterocycles. The lowest BCUT2D eigenvalue weighted by molar-refractivity contribution is 0.253. The normalized spacial score (nSPS) is 41.7. The van der Waals surface area contributed by atoms with Gasteiger partial charge in [-0.05, 0) is 31.1 Å². The molecule has 1 rings (SSSR count). The minimum Gasteiger partial charge on any atom is -0.123 e. The van der Waals surface area contributed by atoms with Gasteiger partial charge in [0.1, 0.15) is 0 Å². The molecule has 10 heavy (non-hydrogen) atoms. The fourth-order valence-corrected chi connectivity index (χ4v) is 2.28. The third-order valence-electron chi connectivity index (χ3n) is 2.82.